The highest BCUT2D eigenvalue weighted by Gasteiger charge is 2.06. The summed E-state index contributed by atoms with van der Waals surface area (Å²) < 4.78 is 0. The summed E-state index contributed by atoms with van der Waals surface area (Å²) in [5.74, 6) is 0.477. The Morgan fingerprint density at radius 2 is 1.89 bits per heavy atom. The smallest absolute Gasteiger partial charge is 0.0537 e. The Morgan fingerprint density at radius 1 is 1.33 bits per heavy atom. The van der Waals surface area contributed by atoms with Crippen LogP contribution in [0.2, 0.25) is 0 Å². The van der Waals surface area contributed by atoms with Gasteiger partial charge in [0.2, 0.25) is 0 Å². The van der Waals surface area contributed by atoms with Crippen molar-refractivity contribution in [3.63, 3.8) is 0 Å². The number of hydrogen-bond acceptors (Lipinski definition) is 1. The second-order valence-corrected chi connectivity index (χ2v) is 2.86. The van der Waals surface area contributed by atoms with Crippen LogP contribution in [0.3, 0.4) is 0 Å². The largest absolute Gasteiger partial charge is 0.393 e. The quantitative estimate of drug-likeness (QED) is 0.618. The van der Waals surface area contributed by atoms with Gasteiger partial charge in [-0.1, -0.05) is 26.7 Å². The second kappa shape index (κ2) is 4.80. The van der Waals surface area contributed by atoms with Crippen LogP contribution in [-0.4, -0.2) is 11.2 Å². The number of rotatable bonds is 4. The summed E-state index contributed by atoms with van der Waals surface area (Å²) in [6, 6.07) is 0. The van der Waals surface area contributed by atoms with Crippen LogP contribution in [0.25, 0.3) is 0 Å². The highest BCUT2D eigenvalue weighted by atomic mass is 16.3. The van der Waals surface area contributed by atoms with Crippen molar-refractivity contribution in [1.29, 1.82) is 0 Å². The molecule has 0 bridgehead atoms. The van der Waals surface area contributed by atoms with E-state index in [0.717, 1.165) is 6.42 Å². The van der Waals surface area contributed by atoms with Crippen molar-refractivity contribution < 1.29 is 5.11 Å². The first kappa shape index (κ1) is 8.96. The third-order valence-electron chi connectivity index (χ3n) is 1.84. The Kier molecular flexibility index (Phi) is 4.78. The molecule has 0 aliphatic carbocycles. The number of unbranched alkanes of at least 4 members (excludes halogenated alkanes) is 1. The van der Waals surface area contributed by atoms with Crippen LogP contribution >= 0.6 is 0 Å². The topological polar surface area (TPSA) is 20.2 Å². The van der Waals surface area contributed by atoms with Gasteiger partial charge >= 0.3 is 0 Å². The fraction of sp³-hybridized carbons (Fsp3) is 1.00. The molecule has 0 aliphatic rings. The maximum absolute atomic E-state index is 9.05. The van der Waals surface area contributed by atoms with Gasteiger partial charge in [0.05, 0.1) is 6.10 Å². The minimum Gasteiger partial charge on any atom is -0.393 e. The first-order chi connectivity index (χ1) is 4.18. The fourth-order valence-corrected chi connectivity index (χ4v) is 0.767. The number of hydrogen-bond donors (Lipinski definition) is 1. The van der Waals surface area contributed by atoms with Gasteiger partial charge in [0.25, 0.3) is 0 Å². The molecule has 0 spiro atoms. The third-order valence-corrected chi connectivity index (χ3v) is 1.84. The predicted octanol–water partition coefficient (Wildman–Crippen LogP) is 2.19. The molecular formula is C8H18O. The molecule has 9 heavy (non-hydrogen) atoms. The molecule has 0 aromatic rings. The van der Waals surface area contributed by atoms with Gasteiger partial charge in [-0.05, 0) is 19.3 Å². The van der Waals surface area contributed by atoms with E-state index in [0.29, 0.717) is 5.92 Å². The normalized spacial score (nSPS) is 17.3. The molecule has 0 rings (SSSR count). The van der Waals surface area contributed by atoms with Gasteiger partial charge in [-0.25, -0.2) is 0 Å². The molecule has 1 heteroatoms. The van der Waals surface area contributed by atoms with Crippen LogP contribution in [0, 0.1) is 5.92 Å². The van der Waals surface area contributed by atoms with Crippen LogP contribution in [0.5, 0.6) is 0 Å². The SMILES string of the molecule is CCCC[C@H](C)[C@@H](C)O. The summed E-state index contributed by atoms with van der Waals surface area (Å²) in [4.78, 5) is 0. The van der Waals surface area contributed by atoms with E-state index in [-0.39, 0.29) is 6.10 Å². The van der Waals surface area contributed by atoms with Gasteiger partial charge in [0.15, 0.2) is 0 Å². The lowest BCUT2D eigenvalue weighted by Gasteiger charge is -2.12. The Bertz CT molecular complexity index is 59.6. The third kappa shape index (κ3) is 4.46. The summed E-state index contributed by atoms with van der Waals surface area (Å²) in [6.07, 6.45) is 3.51. The maximum atomic E-state index is 9.05. The Hall–Kier alpha value is -0.0400. The predicted molar refractivity (Wildman–Crippen MR) is 40.4 cm³/mol. The molecule has 0 fully saturated rings. The maximum Gasteiger partial charge on any atom is 0.0537 e. The van der Waals surface area contributed by atoms with Crippen molar-refractivity contribution in [2.45, 2.75) is 46.1 Å². The lowest BCUT2D eigenvalue weighted by molar-refractivity contribution is 0.128. The zero-order chi connectivity index (χ0) is 7.28. The zero-order valence-electron chi connectivity index (χ0n) is 6.72. The van der Waals surface area contributed by atoms with E-state index in [2.05, 4.69) is 13.8 Å². The van der Waals surface area contributed by atoms with Crippen molar-refractivity contribution in [3.05, 3.63) is 0 Å². The van der Waals surface area contributed by atoms with Crippen molar-refractivity contribution in [2.24, 2.45) is 5.92 Å². The average Bonchev–Trinajstić information content (AvgIpc) is 1.82. The van der Waals surface area contributed by atoms with E-state index in [4.69, 9.17) is 5.11 Å². The van der Waals surface area contributed by atoms with Gasteiger partial charge in [0, 0.05) is 0 Å². The summed E-state index contributed by atoms with van der Waals surface area (Å²) in [7, 11) is 0. The molecule has 0 radical (unpaired) electrons. The van der Waals surface area contributed by atoms with Gasteiger partial charge in [0.1, 0.15) is 0 Å². The monoisotopic (exact) mass is 130 g/mol. The number of aliphatic hydroxyl groups excluding tert-OH is 1. The van der Waals surface area contributed by atoms with Crippen LogP contribution in [-0.2, 0) is 0 Å². The minimum atomic E-state index is -0.128. The van der Waals surface area contributed by atoms with Gasteiger partial charge in [-0.2, -0.15) is 0 Å². The summed E-state index contributed by atoms with van der Waals surface area (Å²) in [5, 5.41) is 9.05. The first-order valence-corrected chi connectivity index (χ1v) is 3.86. The van der Waals surface area contributed by atoms with Crippen molar-refractivity contribution in [3.8, 4) is 0 Å². The number of aliphatic hydroxyl groups is 1. The van der Waals surface area contributed by atoms with E-state index in [1.165, 1.54) is 12.8 Å². The molecule has 0 saturated carbocycles. The molecular weight excluding hydrogens is 112 g/mol. The Morgan fingerprint density at radius 3 is 2.22 bits per heavy atom. The van der Waals surface area contributed by atoms with Crippen molar-refractivity contribution >= 4 is 0 Å². The van der Waals surface area contributed by atoms with Crippen molar-refractivity contribution in [2.75, 3.05) is 0 Å². The molecule has 56 valence electrons. The van der Waals surface area contributed by atoms with E-state index in [1.807, 2.05) is 6.92 Å². The van der Waals surface area contributed by atoms with E-state index < -0.39 is 0 Å². The van der Waals surface area contributed by atoms with Gasteiger partial charge in [-0.3, -0.25) is 0 Å². The highest BCUT2D eigenvalue weighted by Crippen LogP contribution is 2.10. The molecule has 0 saturated heterocycles. The molecule has 0 aromatic heterocycles. The Labute approximate surface area is 58.1 Å². The fourth-order valence-electron chi connectivity index (χ4n) is 0.767. The summed E-state index contributed by atoms with van der Waals surface area (Å²) in [5.41, 5.74) is 0. The first-order valence-electron chi connectivity index (χ1n) is 3.86. The standard InChI is InChI=1S/C8H18O/c1-4-5-6-7(2)8(3)9/h7-9H,4-6H2,1-3H3/t7-,8+/m0/s1. The van der Waals surface area contributed by atoms with Gasteiger partial charge < -0.3 is 5.11 Å². The summed E-state index contributed by atoms with van der Waals surface area (Å²) >= 11 is 0. The van der Waals surface area contributed by atoms with E-state index in [9.17, 15) is 0 Å². The lowest BCUT2D eigenvalue weighted by atomic mass is 10.00. The van der Waals surface area contributed by atoms with E-state index in [1.54, 1.807) is 0 Å². The van der Waals surface area contributed by atoms with E-state index >= 15 is 0 Å². The molecule has 1 nitrogen and oxygen atoms in total. The van der Waals surface area contributed by atoms with Crippen LogP contribution < -0.4 is 0 Å². The van der Waals surface area contributed by atoms with Crippen LogP contribution in [0.4, 0.5) is 0 Å². The van der Waals surface area contributed by atoms with Crippen LogP contribution in [0.15, 0.2) is 0 Å². The van der Waals surface area contributed by atoms with Crippen molar-refractivity contribution in [1.82, 2.24) is 0 Å². The Balaban J connectivity index is 3.16. The van der Waals surface area contributed by atoms with Gasteiger partial charge in [-0.15, -0.1) is 0 Å². The molecule has 0 aliphatic heterocycles. The summed E-state index contributed by atoms with van der Waals surface area (Å²) in [6.45, 7) is 6.13. The highest BCUT2D eigenvalue weighted by molar-refractivity contribution is 4.57. The second-order valence-electron chi connectivity index (χ2n) is 2.86. The molecule has 0 heterocycles. The molecule has 0 unspecified atom stereocenters. The average molecular weight is 130 g/mol. The molecule has 1 N–H and O–H groups in total. The molecule has 2 atom stereocenters. The lowest BCUT2D eigenvalue weighted by Crippen LogP contribution is -2.12. The van der Waals surface area contributed by atoms with Crippen LogP contribution in [0.1, 0.15) is 40.0 Å². The minimum absolute atomic E-state index is 0.128. The zero-order valence-corrected chi connectivity index (χ0v) is 6.72. The molecule has 0 aromatic carbocycles. The molecule has 0 amide bonds.